The fourth-order valence-corrected chi connectivity index (χ4v) is 4.01. The Morgan fingerprint density at radius 1 is 1.17 bits per heavy atom. The van der Waals surface area contributed by atoms with E-state index in [1.165, 1.54) is 25.7 Å². The highest BCUT2D eigenvalue weighted by molar-refractivity contribution is 5.79. The van der Waals surface area contributed by atoms with Crippen LogP contribution in [0.3, 0.4) is 0 Å². The molecule has 0 saturated heterocycles. The number of fused-ring (bicyclic) bond motifs is 1. The van der Waals surface area contributed by atoms with Crippen LogP contribution in [-0.2, 0) is 11.2 Å². The van der Waals surface area contributed by atoms with Crippen LogP contribution in [-0.4, -0.2) is 12.1 Å². The van der Waals surface area contributed by atoms with Crippen molar-refractivity contribution in [3.05, 3.63) is 29.3 Å². The molecule has 5 heteroatoms. The number of carbonyl (C=O) groups excluding carboxylic acids is 1. The smallest absolute Gasteiger partial charge is 0.402 e. The molecule has 1 saturated carbocycles. The Balaban J connectivity index is 1.72. The van der Waals surface area contributed by atoms with Crippen LogP contribution in [0.1, 0.15) is 62.5 Å². The summed E-state index contributed by atoms with van der Waals surface area (Å²) in [6, 6.07) is 5.40. The Hall–Kier alpha value is -1.52. The predicted molar refractivity (Wildman–Crippen MR) is 84.9 cm³/mol. The molecular formula is C19H23F3O2. The molecule has 1 aliphatic carbocycles. The summed E-state index contributed by atoms with van der Waals surface area (Å²) in [6.45, 7) is 2.21. The molecule has 0 spiro atoms. The summed E-state index contributed by atoms with van der Waals surface area (Å²) >= 11 is 0. The minimum atomic E-state index is -4.55. The average molecular weight is 340 g/mol. The molecule has 0 bridgehead atoms. The summed E-state index contributed by atoms with van der Waals surface area (Å²) in [4.78, 5) is 11.7. The zero-order chi connectivity index (χ0) is 17.3. The van der Waals surface area contributed by atoms with Crippen molar-refractivity contribution in [1.82, 2.24) is 0 Å². The van der Waals surface area contributed by atoms with Crippen molar-refractivity contribution in [2.24, 2.45) is 11.8 Å². The molecular weight excluding hydrogens is 317 g/mol. The molecule has 1 unspecified atom stereocenters. The van der Waals surface area contributed by atoms with Gasteiger partial charge in [-0.3, -0.25) is 4.79 Å². The fraction of sp³-hybridized carbons (Fsp3) is 0.632. The van der Waals surface area contributed by atoms with Crippen molar-refractivity contribution >= 4 is 5.97 Å². The first-order chi connectivity index (χ1) is 11.4. The zero-order valence-corrected chi connectivity index (χ0v) is 13.9. The van der Waals surface area contributed by atoms with Gasteiger partial charge in [0.15, 0.2) is 5.92 Å². The van der Waals surface area contributed by atoms with Crippen molar-refractivity contribution in [2.45, 2.75) is 64.0 Å². The number of carbonyl (C=O) groups is 1. The van der Waals surface area contributed by atoms with E-state index in [0.29, 0.717) is 17.2 Å². The van der Waals surface area contributed by atoms with Gasteiger partial charge in [0.05, 0.1) is 0 Å². The number of halogens is 3. The second kappa shape index (κ2) is 6.77. The lowest BCUT2D eigenvalue weighted by atomic mass is 9.77. The molecule has 0 amide bonds. The van der Waals surface area contributed by atoms with Gasteiger partial charge in [0.1, 0.15) is 5.75 Å². The van der Waals surface area contributed by atoms with Crippen molar-refractivity contribution in [1.29, 1.82) is 0 Å². The lowest BCUT2D eigenvalue weighted by Crippen LogP contribution is -2.38. The van der Waals surface area contributed by atoms with Crippen molar-refractivity contribution in [2.75, 3.05) is 0 Å². The van der Waals surface area contributed by atoms with Gasteiger partial charge >= 0.3 is 12.1 Å². The van der Waals surface area contributed by atoms with E-state index in [0.717, 1.165) is 24.3 Å². The summed E-state index contributed by atoms with van der Waals surface area (Å²) < 4.78 is 43.6. The largest absolute Gasteiger partial charge is 0.426 e. The van der Waals surface area contributed by atoms with E-state index < -0.39 is 18.1 Å². The molecule has 3 rings (SSSR count). The van der Waals surface area contributed by atoms with E-state index in [1.54, 1.807) is 12.1 Å². The van der Waals surface area contributed by atoms with Crippen LogP contribution in [0.2, 0.25) is 0 Å². The quantitative estimate of drug-likeness (QED) is 0.544. The fourth-order valence-electron chi connectivity index (χ4n) is 4.01. The number of hydrogen-bond acceptors (Lipinski definition) is 2. The molecule has 2 nitrogen and oxygen atoms in total. The van der Waals surface area contributed by atoms with Crippen LogP contribution in [0.25, 0.3) is 0 Å². The van der Waals surface area contributed by atoms with Crippen LogP contribution >= 0.6 is 0 Å². The molecule has 132 valence electrons. The zero-order valence-electron chi connectivity index (χ0n) is 13.9. The maximum atomic E-state index is 12.9. The van der Waals surface area contributed by atoms with Crippen LogP contribution in [0.15, 0.2) is 18.2 Å². The number of rotatable bonds is 3. The van der Waals surface area contributed by atoms with Gasteiger partial charge in [-0.05, 0) is 61.1 Å². The molecule has 0 N–H and O–H groups in total. The third kappa shape index (κ3) is 3.60. The molecule has 1 atom stereocenters. The minimum absolute atomic E-state index is 0.314. The Morgan fingerprint density at radius 2 is 1.88 bits per heavy atom. The Labute approximate surface area is 140 Å². The van der Waals surface area contributed by atoms with Crippen LogP contribution in [0.5, 0.6) is 5.75 Å². The summed E-state index contributed by atoms with van der Waals surface area (Å²) in [6.07, 6.45) is 2.21. The summed E-state index contributed by atoms with van der Waals surface area (Å²) in [7, 11) is 0. The van der Waals surface area contributed by atoms with Gasteiger partial charge in [0, 0.05) is 0 Å². The number of hydrogen-bond donors (Lipinski definition) is 0. The third-order valence-corrected chi connectivity index (χ3v) is 5.42. The lowest BCUT2D eigenvalue weighted by Gasteiger charge is -2.30. The van der Waals surface area contributed by atoms with Crippen LogP contribution in [0, 0.1) is 11.8 Å². The SMILES string of the molecule is CCCC1CCC(c2ccc3c(c2)OC(=O)C(C(F)(F)F)C3)CC1. The number of benzene rings is 1. The Morgan fingerprint density at radius 3 is 2.50 bits per heavy atom. The van der Waals surface area contributed by atoms with Crippen LogP contribution < -0.4 is 4.74 Å². The van der Waals surface area contributed by atoms with Crippen molar-refractivity contribution in [3.8, 4) is 5.75 Å². The van der Waals surface area contributed by atoms with Crippen molar-refractivity contribution < 1.29 is 22.7 Å². The molecule has 1 fully saturated rings. The van der Waals surface area contributed by atoms with E-state index in [-0.39, 0.29) is 6.42 Å². The second-order valence-corrected chi connectivity index (χ2v) is 7.09. The predicted octanol–water partition coefficient (Wildman–Crippen LogP) is 5.40. The van der Waals surface area contributed by atoms with Gasteiger partial charge in [-0.2, -0.15) is 13.2 Å². The van der Waals surface area contributed by atoms with E-state index in [2.05, 4.69) is 6.92 Å². The van der Waals surface area contributed by atoms with Gasteiger partial charge in [-0.15, -0.1) is 0 Å². The average Bonchev–Trinajstić information content (AvgIpc) is 2.53. The van der Waals surface area contributed by atoms with E-state index >= 15 is 0 Å². The second-order valence-electron chi connectivity index (χ2n) is 7.09. The molecule has 1 heterocycles. The van der Waals surface area contributed by atoms with Crippen molar-refractivity contribution in [3.63, 3.8) is 0 Å². The third-order valence-electron chi connectivity index (χ3n) is 5.42. The topological polar surface area (TPSA) is 26.3 Å². The Bertz CT molecular complexity index is 601. The first kappa shape index (κ1) is 17.3. The maximum Gasteiger partial charge on any atom is 0.402 e. The molecule has 1 aromatic carbocycles. The van der Waals surface area contributed by atoms with E-state index in [1.807, 2.05) is 6.07 Å². The van der Waals surface area contributed by atoms with E-state index in [9.17, 15) is 18.0 Å². The first-order valence-electron chi connectivity index (χ1n) is 8.79. The standard InChI is InChI=1S/C19H23F3O2/c1-2-3-12-4-6-13(7-5-12)14-8-9-15-10-16(19(20,21)22)18(23)24-17(15)11-14/h8-9,11-13,16H,2-7,10H2,1H3. The molecule has 0 aromatic heterocycles. The first-order valence-corrected chi connectivity index (χ1v) is 8.79. The number of esters is 1. The number of alkyl halides is 3. The maximum absolute atomic E-state index is 12.9. The molecule has 0 radical (unpaired) electrons. The highest BCUT2D eigenvalue weighted by atomic mass is 19.4. The highest BCUT2D eigenvalue weighted by Crippen LogP contribution is 2.41. The van der Waals surface area contributed by atoms with Gasteiger partial charge in [0.2, 0.25) is 0 Å². The summed E-state index contributed by atoms with van der Waals surface area (Å²) in [5.74, 6) is -1.69. The Kier molecular flexibility index (Phi) is 4.88. The minimum Gasteiger partial charge on any atom is -0.426 e. The van der Waals surface area contributed by atoms with E-state index in [4.69, 9.17) is 4.74 Å². The summed E-state index contributed by atoms with van der Waals surface area (Å²) in [5.41, 5.74) is 1.56. The number of ether oxygens (including phenoxy) is 1. The van der Waals surface area contributed by atoms with Gasteiger partial charge in [-0.25, -0.2) is 0 Å². The normalized spacial score (nSPS) is 27.5. The highest BCUT2D eigenvalue weighted by Gasteiger charge is 2.48. The van der Waals surface area contributed by atoms with Gasteiger partial charge < -0.3 is 4.74 Å². The van der Waals surface area contributed by atoms with Gasteiger partial charge in [0.25, 0.3) is 0 Å². The summed E-state index contributed by atoms with van der Waals surface area (Å²) in [5, 5.41) is 0. The molecule has 1 aromatic rings. The van der Waals surface area contributed by atoms with Crippen LogP contribution in [0.4, 0.5) is 13.2 Å². The molecule has 24 heavy (non-hydrogen) atoms. The molecule has 1 aliphatic heterocycles. The molecule has 2 aliphatic rings. The lowest BCUT2D eigenvalue weighted by molar-refractivity contribution is -0.193. The van der Waals surface area contributed by atoms with Gasteiger partial charge in [-0.1, -0.05) is 31.9 Å². The monoisotopic (exact) mass is 340 g/mol.